The zero-order valence-electron chi connectivity index (χ0n) is 19.5. The second-order valence-corrected chi connectivity index (χ2v) is 9.15. The highest BCUT2D eigenvalue weighted by Crippen LogP contribution is 2.36. The van der Waals surface area contributed by atoms with E-state index in [1.807, 2.05) is 48.5 Å². The van der Waals surface area contributed by atoms with Crippen molar-refractivity contribution in [3.63, 3.8) is 0 Å². The zero-order chi connectivity index (χ0) is 23.3. The van der Waals surface area contributed by atoms with Crippen molar-refractivity contribution in [3.05, 3.63) is 107 Å². The molecule has 3 aromatic rings. The van der Waals surface area contributed by atoms with Crippen LogP contribution in [-0.4, -0.2) is 29.7 Å². The summed E-state index contributed by atoms with van der Waals surface area (Å²) in [6.45, 7) is 6.79. The Bertz CT molecular complexity index is 1120. The van der Waals surface area contributed by atoms with Gasteiger partial charge in [0.25, 0.3) is 5.91 Å². The summed E-state index contributed by atoms with van der Waals surface area (Å²) < 4.78 is 0. The number of piperidine rings is 1. The molecule has 1 heterocycles. The summed E-state index contributed by atoms with van der Waals surface area (Å²) in [5.41, 5.74) is 4.83. The summed E-state index contributed by atoms with van der Waals surface area (Å²) in [5, 5.41) is 3.02. The molecule has 4 heteroatoms. The molecular weight excluding hydrogens is 408 g/mol. The lowest BCUT2D eigenvalue weighted by Crippen LogP contribution is -2.46. The van der Waals surface area contributed by atoms with Crippen LogP contribution in [-0.2, 0) is 23.3 Å². The predicted molar refractivity (Wildman–Crippen MR) is 132 cm³/mol. The number of hydrogen-bond acceptors (Lipinski definition) is 3. The molecule has 0 spiro atoms. The summed E-state index contributed by atoms with van der Waals surface area (Å²) in [7, 11) is 0. The summed E-state index contributed by atoms with van der Waals surface area (Å²) in [4.78, 5) is 27.7. The van der Waals surface area contributed by atoms with Crippen molar-refractivity contribution in [1.82, 2.24) is 10.2 Å². The number of nitrogens with zero attached hydrogens (tertiary/aromatic N) is 1. The Hall–Kier alpha value is -3.24. The summed E-state index contributed by atoms with van der Waals surface area (Å²) in [5.74, 6) is 0.192. The van der Waals surface area contributed by atoms with Gasteiger partial charge in [0.05, 0.1) is 5.41 Å². The van der Waals surface area contributed by atoms with E-state index in [1.165, 1.54) is 5.56 Å². The van der Waals surface area contributed by atoms with Crippen LogP contribution in [0.4, 0.5) is 0 Å². The number of carbonyl (C=O) groups excluding carboxylic acids is 2. The smallest absolute Gasteiger partial charge is 0.251 e. The van der Waals surface area contributed by atoms with Gasteiger partial charge in [-0.2, -0.15) is 0 Å². The van der Waals surface area contributed by atoms with E-state index in [4.69, 9.17) is 0 Å². The Kier molecular flexibility index (Phi) is 7.05. The molecule has 0 radical (unpaired) electrons. The third kappa shape index (κ3) is 5.40. The minimum Gasteiger partial charge on any atom is -0.348 e. The first-order chi connectivity index (χ1) is 16.0. The van der Waals surface area contributed by atoms with Crippen LogP contribution in [0.1, 0.15) is 52.4 Å². The second kappa shape index (κ2) is 10.1. The number of ketones is 1. The maximum Gasteiger partial charge on any atom is 0.251 e. The van der Waals surface area contributed by atoms with Crippen molar-refractivity contribution < 1.29 is 9.59 Å². The van der Waals surface area contributed by atoms with Gasteiger partial charge in [-0.25, -0.2) is 0 Å². The Morgan fingerprint density at radius 3 is 2.27 bits per heavy atom. The standard InChI is InChI=1S/C29H32N2O2/c1-22-8-6-9-24(18-22)20-30-28(33)26-11-7-10-25(19-26)21-31-16-14-29(15-17-31,23(2)32)27-12-4-3-5-13-27/h3-13,18-19H,14-17,20-21H2,1-2H3,(H,30,33). The molecule has 0 saturated carbocycles. The van der Waals surface area contributed by atoms with Crippen molar-refractivity contribution in [2.45, 2.75) is 45.2 Å². The van der Waals surface area contributed by atoms with Crippen molar-refractivity contribution in [2.24, 2.45) is 0 Å². The van der Waals surface area contributed by atoms with Crippen LogP contribution in [0, 0.1) is 6.92 Å². The molecule has 3 aromatic carbocycles. The quantitative estimate of drug-likeness (QED) is 0.559. The van der Waals surface area contributed by atoms with Gasteiger partial charge in [0.2, 0.25) is 0 Å². The van der Waals surface area contributed by atoms with Gasteiger partial charge in [0.15, 0.2) is 0 Å². The van der Waals surface area contributed by atoms with Gasteiger partial charge in [0.1, 0.15) is 5.78 Å². The number of hydrogen-bond donors (Lipinski definition) is 1. The number of benzene rings is 3. The first kappa shape index (κ1) is 22.9. The Labute approximate surface area is 196 Å². The summed E-state index contributed by atoms with van der Waals surface area (Å²) in [6, 6.07) is 26.2. The van der Waals surface area contributed by atoms with Crippen LogP contribution in [0.25, 0.3) is 0 Å². The monoisotopic (exact) mass is 440 g/mol. The maximum absolute atomic E-state index is 12.7. The first-order valence-electron chi connectivity index (χ1n) is 11.7. The van der Waals surface area contributed by atoms with Crippen LogP contribution in [0.15, 0.2) is 78.9 Å². The maximum atomic E-state index is 12.7. The Balaban J connectivity index is 1.37. The molecule has 33 heavy (non-hydrogen) atoms. The Morgan fingerprint density at radius 1 is 0.879 bits per heavy atom. The lowest BCUT2D eigenvalue weighted by atomic mass is 9.70. The van der Waals surface area contributed by atoms with E-state index >= 15 is 0 Å². The third-order valence-corrected chi connectivity index (χ3v) is 6.84. The van der Waals surface area contributed by atoms with E-state index in [-0.39, 0.29) is 17.1 Å². The van der Waals surface area contributed by atoms with E-state index in [0.717, 1.165) is 49.2 Å². The van der Waals surface area contributed by atoms with Crippen LogP contribution >= 0.6 is 0 Å². The van der Waals surface area contributed by atoms with Crippen LogP contribution in [0.3, 0.4) is 0 Å². The molecule has 1 N–H and O–H groups in total. The second-order valence-electron chi connectivity index (χ2n) is 9.15. The molecule has 0 atom stereocenters. The molecule has 1 amide bonds. The fraction of sp³-hybridized carbons (Fsp3) is 0.310. The summed E-state index contributed by atoms with van der Waals surface area (Å²) in [6.07, 6.45) is 1.64. The minimum absolute atomic E-state index is 0.0586. The fourth-order valence-corrected chi connectivity index (χ4v) is 4.87. The fourth-order valence-electron chi connectivity index (χ4n) is 4.87. The summed E-state index contributed by atoms with van der Waals surface area (Å²) >= 11 is 0. The van der Waals surface area contributed by atoms with Crippen LogP contribution in [0.5, 0.6) is 0 Å². The average molecular weight is 441 g/mol. The average Bonchev–Trinajstić information content (AvgIpc) is 2.84. The molecule has 0 aliphatic carbocycles. The van der Waals surface area contributed by atoms with Crippen molar-refractivity contribution in [2.75, 3.05) is 13.1 Å². The van der Waals surface area contributed by atoms with E-state index < -0.39 is 0 Å². The van der Waals surface area contributed by atoms with Gasteiger partial charge in [-0.15, -0.1) is 0 Å². The van der Waals surface area contributed by atoms with Crippen LogP contribution in [0.2, 0.25) is 0 Å². The molecule has 1 aliphatic rings. The molecule has 0 aromatic heterocycles. The number of rotatable bonds is 7. The van der Waals surface area contributed by atoms with Gasteiger partial charge in [-0.3, -0.25) is 14.5 Å². The van der Waals surface area contributed by atoms with Crippen molar-refractivity contribution >= 4 is 11.7 Å². The topological polar surface area (TPSA) is 49.4 Å². The minimum atomic E-state index is -0.380. The number of likely N-dealkylation sites (tertiary alicyclic amines) is 1. The highest BCUT2D eigenvalue weighted by Gasteiger charge is 2.40. The highest BCUT2D eigenvalue weighted by molar-refractivity contribution is 5.94. The molecule has 1 aliphatic heterocycles. The van der Waals surface area contributed by atoms with E-state index in [9.17, 15) is 9.59 Å². The molecule has 4 rings (SSSR count). The number of carbonyl (C=O) groups is 2. The van der Waals surface area contributed by atoms with Gasteiger partial charge < -0.3 is 5.32 Å². The molecule has 4 nitrogen and oxygen atoms in total. The van der Waals surface area contributed by atoms with Gasteiger partial charge in [-0.1, -0.05) is 72.3 Å². The lowest BCUT2D eigenvalue weighted by Gasteiger charge is -2.40. The van der Waals surface area contributed by atoms with E-state index in [1.54, 1.807) is 6.92 Å². The van der Waals surface area contributed by atoms with Gasteiger partial charge in [-0.05, 0) is 68.6 Å². The highest BCUT2D eigenvalue weighted by atomic mass is 16.1. The molecule has 0 unspecified atom stereocenters. The van der Waals surface area contributed by atoms with Crippen molar-refractivity contribution in [1.29, 1.82) is 0 Å². The Morgan fingerprint density at radius 2 is 1.58 bits per heavy atom. The predicted octanol–water partition coefficient (Wildman–Crippen LogP) is 5.05. The largest absolute Gasteiger partial charge is 0.348 e. The molecule has 0 bridgehead atoms. The first-order valence-corrected chi connectivity index (χ1v) is 11.7. The normalized spacial score (nSPS) is 15.7. The number of amides is 1. The van der Waals surface area contributed by atoms with Crippen molar-refractivity contribution in [3.8, 4) is 0 Å². The van der Waals surface area contributed by atoms with E-state index in [2.05, 4.69) is 47.5 Å². The molecule has 1 fully saturated rings. The SMILES string of the molecule is CC(=O)C1(c2ccccc2)CCN(Cc2cccc(C(=O)NCc3cccc(C)c3)c2)CC1. The third-order valence-electron chi connectivity index (χ3n) is 6.84. The molecule has 170 valence electrons. The van der Waals surface area contributed by atoms with Gasteiger partial charge >= 0.3 is 0 Å². The lowest BCUT2D eigenvalue weighted by molar-refractivity contribution is -0.124. The molecule has 1 saturated heterocycles. The number of aryl methyl sites for hydroxylation is 1. The number of nitrogens with one attached hydrogen (secondary N) is 1. The van der Waals surface area contributed by atoms with E-state index in [0.29, 0.717) is 12.1 Å². The van der Waals surface area contributed by atoms with Gasteiger partial charge in [0, 0.05) is 18.7 Å². The number of Topliss-reactive ketones (excluding diaryl/α,β-unsaturated/α-hetero) is 1. The van der Waals surface area contributed by atoms with Crippen LogP contribution < -0.4 is 5.32 Å². The zero-order valence-corrected chi connectivity index (χ0v) is 19.5. The molecular formula is C29H32N2O2.